The van der Waals surface area contributed by atoms with Gasteiger partial charge in [0.2, 0.25) is 0 Å². The summed E-state index contributed by atoms with van der Waals surface area (Å²) in [5.41, 5.74) is 1.33. The van der Waals surface area contributed by atoms with Crippen LogP contribution in [0, 0.1) is 0 Å². The SMILES string of the molecule is COC(=O)c1cccc(Cc2cnc(NC(=O)c3sccc3OC(F)F)s2)c1. The molecule has 1 amide bonds. The van der Waals surface area contributed by atoms with Crippen molar-refractivity contribution in [2.75, 3.05) is 12.4 Å². The number of amides is 1. The summed E-state index contributed by atoms with van der Waals surface area (Å²) in [7, 11) is 1.32. The van der Waals surface area contributed by atoms with Crippen molar-refractivity contribution < 1.29 is 27.8 Å². The van der Waals surface area contributed by atoms with Gasteiger partial charge < -0.3 is 9.47 Å². The number of thiophene rings is 1. The molecule has 2 heterocycles. The van der Waals surface area contributed by atoms with Crippen LogP contribution in [0.1, 0.15) is 30.5 Å². The molecule has 146 valence electrons. The minimum atomic E-state index is -3.01. The first kappa shape index (κ1) is 19.9. The normalized spacial score (nSPS) is 10.7. The Hall–Kier alpha value is -2.85. The number of carbonyl (C=O) groups is 2. The minimum absolute atomic E-state index is 0.0443. The van der Waals surface area contributed by atoms with Gasteiger partial charge in [-0.25, -0.2) is 9.78 Å². The monoisotopic (exact) mass is 424 g/mol. The maximum Gasteiger partial charge on any atom is 0.387 e. The van der Waals surface area contributed by atoms with E-state index in [1.54, 1.807) is 24.4 Å². The molecule has 0 aliphatic heterocycles. The number of aromatic nitrogens is 1. The maximum absolute atomic E-state index is 12.4. The van der Waals surface area contributed by atoms with Crippen LogP contribution in [0.4, 0.5) is 13.9 Å². The fourth-order valence-corrected chi connectivity index (χ4v) is 3.94. The van der Waals surface area contributed by atoms with Crippen molar-refractivity contribution in [2.45, 2.75) is 13.0 Å². The van der Waals surface area contributed by atoms with E-state index < -0.39 is 18.5 Å². The van der Waals surface area contributed by atoms with E-state index in [9.17, 15) is 18.4 Å². The third kappa shape index (κ3) is 4.90. The van der Waals surface area contributed by atoms with Gasteiger partial charge in [-0.1, -0.05) is 12.1 Å². The zero-order valence-electron chi connectivity index (χ0n) is 14.5. The van der Waals surface area contributed by atoms with Crippen molar-refractivity contribution in [3.05, 3.63) is 62.8 Å². The van der Waals surface area contributed by atoms with Crippen LogP contribution >= 0.6 is 22.7 Å². The van der Waals surface area contributed by atoms with Crippen molar-refractivity contribution in [3.63, 3.8) is 0 Å². The lowest BCUT2D eigenvalue weighted by Gasteiger charge is -2.05. The van der Waals surface area contributed by atoms with Gasteiger partial charge >= 0.3 is 12.6 Å². The largest absolute Gasteiger partial charge is 0.465 e. The van der Waals surface area contributed by atoms with Crippen LogP contribution in [0.3, 0.4) is 0 Å². The molecule has 0 saturated heterocycles. The molecule has 0 fully saturated rings. The highest BCUT2D eigenvalue weighted by atomic mass is 32.1. The highest BCUT2D eigenvalue weighted by Crippen LogP contribution is 2.28. The van der Waals surface area contributed by atoms with Gasteiger partial charge in [-0.05, 0) is 29.1 Å². The molecule has 0 unspecified atom stereocenters. The Balaban J connectivity index is 1.67. The van der Waals surface area contributed by atoms with Gasteiger partial charge in [-0.2, -0.15) is 8.78 Å². The van der Waals surface area contributed by atoms with E-state index in [-0.39, 0.29) is 10.6 Å². The number of halogens is 2. The standard InChI is InChI=1S/C18H14F2N2O4S2/c1-25-16(24)11-4-2-3-10(7-11)8-12-9-21-18(28-12)22-15(23)14-13(5-6-27-14)26-17(19)20/h2-7,9,17H,8H2,1H3,(H,21,22,23). The Morgan fingerprint density at radius 3 is 2.86 bits per heavy atom. The van der Waals surface area contributed by atoms with Crippen LogP contribution in [-0.2, 0) is 11.2 Å². The maximum atomic E-state index is 12.4. The van der Waals surface area contributed by atoms with Gasteiger partial charge in [-0.3, -0.25) is 10.1 Å². The summed E-state index contributed by atoms with van der Waals surface area (Å²) in [6.07, 6.45) is 2.12. The zero-order chi connectivity index (χ0) is 20.1. The molecule has 0 radical (unpaired) electrons. The Morgan fingerprint density at radius 2 is 2.11 bits per heavy atom. The van der Waals surface area contributed by atoms with Gasteiger partial charge in [0, 0.05) is 17.5 Å². The number of esters is 1. The number of methoxy groups -OCH3 is 1. The predicted molar refractivity (Wildman–Crippen MR) is 102 cm³/mol. The molecule has 0 aliphatic rings. The number of rotatable bonds is 7. The molecular formula is C18H14F2N2O4S2. The van der Waals surface area contributed by atoms with Crippen LogP contribution in [0.5, 0.6) is 5.75 Å². The average Bonchev–Trinajstić information content (AvgIpc) is 3.30. The van der Waals surface area contributed by atoms with Crippen LogP contribution in [0.2, 0.25) is 0 Å². The Morgan fingerprint density at radius 1 is 1.29 bits per heavy atom. The Bertz CT molecular complexity index is 987. The van der Waals surface area contributed by atoms with E-state index in [0.29, 0.717) is 17.1 Å². The number of nitrogens with one attached hydrogen (secondary N) is 1. The highest BCUT2D eigenvalue weighted by molar-refractivity contribution is 7.16. The number of ether oxygens (including phenoxy) is 2. The van der Waals surface area contributed by atoms with E-state index in [1.807, 2.05) is 6.07 Å². The Kier molecular flexibility index (Phi) is 6.32. The molecule has 3 aromatic rings. The topological polar surface area (TPSA) is 77.5 Å². The lowest BCUT2D eigenvalue weighted by Crippen LogP contribution is -2.12. The molecule has 0 bridgehead atoms. The number of hydrogen-bond acceptors (Lipinski definition) is 7. The lowest BCUT2D eigenvalue weighted by atomic mass is 10.1. The number of alkyl halides is 2. The van der Waals surface area contributed by atoms with Crippen molar-refractivity contribution in [3.8, 4) is 5.75 Å². The fraction of sp³-hybridized carbons (Fsp3) is 0.167. The van der Waals surface area contributed by atoms with Crippen LogP contribution < -0.4 is 10.1 Å². The van der Waals surface area contributed by atoms with E-state index >= 15 is 0 Å². The van der Waals surface area contributed by atoms with Crippen molar-refractivity contribution >= 4 is 39.7 Å². The number of carbonyl (C=O) groups excluding carboxylic acids is 2. The number of anilines is 1. The first-order valence-corrected chi connectivity index (χ1v) is 9.61. The average molecular weight is 424 g/mol. The molecule has 0 atom stereocenters. The summed E-state index contributed by atoms with van der Waals surface area (Å²) in [5.74, 6) is -1.16. The number of nitrogens with zero attached hydrogens (tertiary/aromatic N) is 1. The predicted octanol–water partition coefficient (Wildman–Crippen LogP) is 4.44. The second-order valence-electron chi connectivity index (χ2n) is 5.45. The second kappa shape index (κ2) is 8.89. The Labute approximate surface area is 166 Å². The molecule has 1 N–H and O–H groups in total. The molecule has 0 saturated carbocycles. The van der Waals surface area contributed by atoms with E-state index in [2.05, 4.69) is 15.0 Å². The third-order valence-corrected chi connectivity index (χ3v) is 5.36. The molecule has 28 heavy (non-hydrogen) atoms. The summed E-state index contributed by atoms with van der Waals surface area (Å²) in [4.78, 5) is 28.9. The molecular weight excluding hydrogens is 410 g/mol. The first-order valence-electron chi connectivity index (χ1n) is 7.92. The molecule has 0 aliphatic carbocycles. The molecule has 0 spiro atoms. The summed E-state index contributed by atoms with van der Waals surface area (Å²) in [5, 5.41) is 4.41. The summed E-state index contributed by atoms with van der Waals surface area (Å²) in [6.45, 7) is -3.01. The van der Waals surface area contributed by atoms with Gasteiger partial charge in [-0.15, -0.1) is 22.7 Å². The summed E-state index contributed by atoms with van der Waals surface area (Å²) >= 11 is 2.25. The van der Waals surface area contributed by atoms with Crippen LogP contribution in [0.25, 0.3) is 0 Å². The number of hydrogen-bond donors (Lipinski definition) is 1. The fourth-order valence-electron chi connectivity index (χ4n) is 2.38. The second-order valence-corrected chi connectivity index (χ2v) is 7.48. The zero-order valence-corrected chi connectivity index (χ0v) is 16.1. The molecule has 1 aromatic carbocycles. The van der Waals surface area contributed by atoms with Gasteiger partial charge in [0.05, 0.1) is 12.7 Å². The van der Waals surface area contributed by atoms with Crippen molar-refractivity contribution in [1.29, 1.82) is 0 Å². The van der Waals surface area contributed by atoms with Crippen LogP contribution in [0.15, 0.2) is 41.9 Å². The first-order chi connectivity index (χ1) is 13.5. The minimum Gasteiger partial charge on any atom is -0.465 e. The number of benzene rings is 1. The number of thiazole rings is 1. The smallest absolute Gasteiger partial charge is 0.387 e. The summed E-state index contributed by atoms with van der Waals surface area (Å²) < 4.78 is 33.8. The van der Waals surface area contributed by atoms with Crippen molar-refractivity contribution in [1.82, 2.24) is 4.98 Å². The molecule has 6 nitrogen and oxygen atoms in total. The lowest BCUT2D eigenvalue weighted by molar-refractivity contribution is -0.0498. The summed E-state index contributed by atoms with van der Waals surface area (Å²) in [6, 6.07) is 8.32. The van der Waals surface area contributed by atoms with E-state index in [1.165, 1.54) is 29.9 Å². The third-order valence-electron chi connectivity index (χ3n) is 3.55. The molecule has 2 aromatic heterocycles. The molecule has 10 heteroatoms. The van der Waals surface area contributed by atoms with Crippen LogP contribution in [-0.4, -0.2) is 30.6 Å². The highest BCUT2D eigenvalue weighted by Gasteiger charge is 2.18. The van der Waals surface area contributed by atoms with Gasteiger partial charge in [0.1, 0.15) is 10.6 Å². The quantitative estimate of drug-likeness (QED) is 0.568. The van der Waals surface area contributed by atoms with E-state index in [4.69, 9.17) is 4.74 Å². The van der Waals surface area contributed by atoms with Gasteiger partial charge in [0.25, 0.3) is 5.91 Å². The van der Waals surface area contributed by atoms with Gasteiger partial charge in [0.15, 0.2) is 5.13 Å². The molecule has 3 rings (SSSR count). The van der Waals surface area contributed by atoms with Crippen molar-refractivity contribution in [2.24, 2.45) is 0 Å². The van der Waals surface area contributed by atoms with E-state index in [0.717, 1.165) is 21.8 Å².